The maximum absolute atomic E-state index is 12.6. The lowest BCUT2D eigenvalue weighted by Gasteiger charge is -2.08. The molecular weight excluding hydrogens is 429 g/mol. The molecule has 0 aliphatic carbocycles. The van der Waals surface area contributed by atoms with Crippen LogP contribution in [0.5, 0.6) is 0 Å². The number of hydrogen-bond donors (Lipinski definition) is 1. The number of anilines is 1. The van der Waals surface area contributed by atoms with Crippen molar-refractivity contribution in [2.24, 2.45) is 0 Å². The molecule has 0 bridgehead atoms. The molecule has 1 aromatic carbocycles. The van der Waals surface area contributed by atoms with Crippen LogP contribution in [0.1, 0.15) is 5.69 Å². The maximum atomic E-state index is 12.6. The molecule has 0 unspecified atom stereocenters. The van der Waals surface area contributed by atoms with E-state index in [1.54, 1.807) is 0 Å². The number of amides is 1. The predicted octanol–water partition coefficient (Wildman–Crippen LogP) is 3.90. The van der Waals surface area contributed by atoms with Crippen molar-refractivity contribution in [2.45, 2.75) is 11.3 Å². The molecule has 0 atom stereocenters. The van der Waals surface area contributed by atoms with E-state index in [4.69, 9.17) is 0 Å². The zero-order valence-electron chi connectivity index (χ0n) is 12.1. The number of carbonyl (C=O) groups is 1. The molecule has 2 rings (SSSR count). The lowest BCUT2D eigenvalue weighted by atomic mass is 10.3. The number of nitrogens with zero attached hydrogens (tertiary/aromatic N) is 3. The normalized spacial score (nSPS) is 11.2. The Morgan fingerprint density at radius 1 is 1.36 bits per heavy atom. The number of halogens is 4. The second-order valence-electron chi connectivity index (χ2n) is 4.48. The van der Waals surface area contributed by atoms with Crippen LogP contribution in [0.15, 0.2) is 40.1 Å². The molecule has 2 aromatic rings. The number of rotatable bonds is 5. The number of thioether (sulfide) groups is 1. The predicted molar refractivity (Wildman–Crippen MR) is 87.2 cm³/mol. The fourth-order valence-electron chi connectivity index (χ4n) is 1.60. The first kappa shape index (κ1) is 19.1. The molecule has 25 heavy (non-hydrogen) atoms. The topological polar surface area (TPSA) is 98.0 Å². The van der Waals surface area contributed by atoms with Crippen molar-refractivity contribution in [1.82, 2.24) is 9.97 Å². The third kappa shape index (κ3) is 5.39. The largest absolute Gasteiger partial charge is 0.433 e. The summed E-state index contributed by atoms with van der Waals surface area (Å²) in [5.74, 6) is -0.759. The SMILES string of the molecule is O=C(CSc1nccc(C(F)(F)F)n1)Nc1ccc([N+](=O)[O-])cc1Br. The number of alkyl halides is 3. The fraction of sp³-hybridized carbons (Fsp3) is 0.154. The average molecular weight is 437 g/mol. The van der Waals surface area contributed by atoms with E-state index in [-0.39, 0.29) is 16.6 Å². The molecule has 1 aromatic heterocycles. The quantitative estimate of drug-likeness (QED) is 0.330. The van der Waals surface area contributed by atoms with Crippen LogP contribution in [0.4, 0.5) is 24.5 Å². The summed E-state index contributed by atoms with van der Waals surface area (Å²) in [6, 6.07) is 4.51. The number of nitro groups is 1. The van der Waals surface area contributed by atoms with E-state index in [2.05, 4.69) is 31.2 Å². The van der Waals surface area contributed by atoms with E-state index < -0.39 is 22.7 Å². The Bertz CT molecular complexity index is 819. The lowest BCUT2D eigenvalue weighted by Crippen LogP contribution is -2.15. The van der Waals surface area contributed by atoms with Gasteiger partial charge in [-0.1, -0.05) is 11.8 Å². The highest BCUT2D eigenvalue weighted by atomic mass is 79.9. The summed E-state index contributed by atoms with van der Waals surface area (Å²) >= 11 is 3.83. The van der Waals surface area contributed by atoms with Crippen molar-refractivity contribution in [1.29, 1.82) is 0 Å². The summed E-state index contributed by atoms with van der Waals surface area (Å²) in [6.45, 7) is 0. The standard InChI is InChI=1S/C13H8BrF3N4O3S/c14-8-5-7(21(23)24)1-2-9(8)19-11(22)6-25-12-18-4-3-10(20-12)13(15,16)17/h1-5H,6H2,(H,19,22). The number of aromatic nitrogens is 2. The monoisotopic (exact) mass is 436 g/mol. The second-order valence-corrected chi connectivity index (χ2v) is 6.28. The second kappa shape index (κ2) is 7.78. The van der Waals surface area contributed by atoms with Crippen LogP contribution in [0.3, 0.4) is 0 Å². The Kier molecular flexibility index (Phi) is 5.95. The van der Waals surface area contributed by atoms with E-state index in [1.165, 1.54) is 18.2 Å². The fourth-order valence-corrected chi connectivity index (χ4v) is 2.70. The molecule has 0 saturated heterocycles. The smallest absolute Gasteiger partial charge is 0.324 e. The molecular formula is C13H8BrF3N4O3S. The molecule has 0 radical (unpaired) electrons. The minimum atomic E-state index is -4.59. The molecule has 1 heterocycles. The van der Waals surface area contributed by atoms with Gasteiger partial charge in [-0.2, -0.15) is 13.2 Å². The Balaban J connectivity index is 1.99. The van der Waals surface area contributed by atoms with Crippen LogP contribution < -0.4 is 5.32 Å². The lowest BCUT2D eigenvalue weighted by molar-refractivity contribution is -0.384. The summed E-state index contributed by atoms with van der Waals surface area (Å²) in [4.78, 5) is 28.9. The van der Waals surface area contributed by atoms with Crippen molar-refractivity contribution in [3.05, 3.63) is 50.7 Å². The Morgan fingerprint density at radius 2 is 2.08 bits per heavy atom. The molecule has 0 spiro atoms. The summed E-state index contributed by atoms with van der Waals surface area (Å²) in [5.41, 5.74) is -0.957. The van der Waals surface area contributed by atoms with Gasteiger partial charge in [0, 0.05) is 22.8 Å². The van der Waals surface area contributed by atoms with E-state index in [1.807, 2.05) is 0 Å². The summed E-state index contributed by atoms with van der Waals surface area (Å²) in [6.07, 6.45) is -3.63. The molecule has 0 saturated carbocycles. The third-order valence-electron chi connectivity index (χ3n) is 2.69. The number of benzene rings is 1. The summed E-state index contributed by atoms with van der Waals surface area (Å²) < 4.78 is 38.0. The van der Waals surface area contributed by atoms with Crippen molar-refractivity contribution in [3.8, 4) is 0 Å². The van der Waals surface area contributed by atoms with Gasteiger partial charge in [-0.15, -0.1) is 0 Å². The van der Waals surface area contributed by atoms with Crippen molar-refractivity contribution in [2.75, 3.05) is 11.1 Å². The molecule has 7 nitrogen and oxygen atoms in total. The zero-order valence-corrected chi connectivity index (χ0v) is 14.5. The van der Waals surface area contributed by atoms with Gasteiger partial charge in [0.05, 0.1) is 16.4 Å². The summed E-state index contributed by atoms with van der Waals surface area (Å²) in [7, 11) is 0. The molecule has 0 aliphatic rings. The van der Waals surface area contributed by atoms with Crippen LogP contribution in [0.25, 0.3) is 0 Å². The van der Waals surface area contributed by atoms with Gasteiger partial charge in [-0.25, -0.2) is 9.97 Å². The van der Waals surface area contributed by atoms with Crippen molar-refractivity contribution >= 4 is 45.0 Å². The van der Waals surface area contributed by atoms with Gasteiger partial charge in [0.15, 0.2) is 5.16 Å². The number of non-ortho nitro benzene ring substituents is 1. The van der Waals surface area contributed by atoms with Gasteiger partial charge in [0.25, 0.3) is 5.69 Å². The molecule has 132 valence electrons. The average Bonchev–Trinajstić information content (AvgIpc) is 2.54. The Labute approximate surface area is 151 Å². The highest BCUT2D eigenvalue weighted by Gasteiger charge is 2.32. The zero-order chi connectivity index (χ0) is 18.6. The van der Waals surface area contributed by atoms with Gasteiger partial charge in [0.2, 0.25) is 5.91 Å². The number of nitro benzene ring substituents is 1. The van der Waals surface area contributed by atoms with Gasteiger partial charge in [-0.3, -0.25) is 14.9 Å². The Hall–Kier alpha value is -2.21. The highest BCUT2D eigenvalue weighted by molar-refractivity contribution is 9.10. The first-order chi connectivity index (χ1) is 11.7. The van der Waals surface area contributed by atoms with Crippen LogP contribution >= 0.6 is 27.7 Å². The van der Waals surface area contributed by atoms with E-state index in [0.29, 0.717) is 10.2 Å². The minimum absolute atomic E-state index is 0.156. The maximum Gasteiger partial charge on any atom is 0.433 e. The van der Waals surface area contributed by atoms with Gasteiger partial charge in [0.1, 0.15) is 5.69 Å². The van der Waals surface area contributed by atoms with Gasteiger partial charge in [-0.05, 0) is 28.1 Å². The number of hydrogen-bond acceptors (Lipinski definition) is 6. The van der Waals surface area contributed by atoms with Crippen LogP contribution in [-0.2, 0) is 11.0 Å². The first-order valence-corrected chi connectivity index (χ1v) is 8.21. The third-order valence-corrected chi connectivity index (χ3v) is 4.21. The van der Waals surface area contributed by atoms with Crippen LogP contribution in [0, 0.1) is 10.1 Å². The van der Waals surface area contributed by atoms with Crippen molar-refractivity contribution in [3.63, 3.8) is 0 Å². The van der Waals surface area contributed by atoms with Crippen LogP contribution in [0.2, 0.25) is 0 Å². The van der Waals surface area contributed by atoms with Gasteiger partial charge < -0.3 is 5.32 Å². The molecule has 1 amide bonds. The van der Waals surface area contributed by atoms with Crippen LogP contribution in [-0.4, -0.2) is 26.6 Å². The molecule has 0 aliphatic heterocycles. The number of carbonyl (C=O) groups excluding carboxylic acids is 1. The minimum Gasteiger partial charge on any atom is -0.324 e. The number of nitrogens with one attached hydrogen (secondary N) is 1. The van der Waals surface area contributed by atoms with E-state index >= 15 is 0 Å². The van der Waals surface area contributed by atoms with E-state index in [0.717, 1.165) is 24.0 Å². The Morgan fingerprint density at radius 3 is 2.68 bits per heavy atom. The first-order valence-electron chi connectivity index (χ1n) is 6.43. The van der Waals surface area contributed by atoms with E-state index in [9.17, 15) is 28.1 Å². The van der Waals surface area contributed by atoms with Crippen molar-refractivity contribution < 1.29 is 22.9 Å². The molecule has 0 fully saturated rings. The molecule has 12 heteroatoms. The summed E-state index contributed by atoms with van der Waals surface area (Å²) in [5, 5.41) is 12.9. The highest BCUT2D eigenvalue weighted by Crippen LogP contribution is 2.29. The molecule has 1 N–H and O–H groups in total. The van der Waals surface area contributed by atoms with Gasteiger partial charge >= 0.3 is 6.18 Å².